The molecule has 8 aliphatic carbocycles. The van der Waals surface area contributed by atoms with Crippen LogP contribution < -0.4 is 21.1 Å². The number of nitrogens with two attached hydrogens (primary N) is 2. The first kappa shape index (κ1) is 93.4. The van der Waals surface area contributed by atoms with Crippen molar-refractivity contribution >= 4 is 40.5 Å². The highest BCUT2D eigenvalue weighted by Gasteiger charge is 2.75. The highest BCUT2D eigenvalue weighted by atomic mass is 127. The smallest absolute Gasteiger partial charge is 0.430 e. The van der Waals surface area contributed by atoms with Crippen molar-refractivity contribution in [2.45, 2.75) is 291 Å². The molecule has 0 aromatic carbocycles. The van der Waals surface area contributed by atoms with Crippen molar-refractivity contribution in [2.24, 2.45) is 136 Å². The Hall–Kier alpha value is -5.25. The van der Waals surface area contributed by atoms with Gasteiger partial charge in [0.15, 0.2) is 24.0 Å². The molecule has 4 bridgehead atoms. The Balaban J connectivity index is 0.000000208. The lowest BCUT2D eigenvalue weighted by Gasteiger charge is -2.71. The fourth-order valence-electron chi connectivity index (χ4n) is 25.9. The summed E-state index contributed by atoms with van der Waals surface area (Å²) in [5.74, 6) is -0.719. The molecule has 8 fully saturated rings. The van der Waals surface area contributed by atoms with Crippen molar-refractivity contribution < 1.29 is 66.4 Å². The number of carboxylic acid groups (broad SMARTS) is 3. The molecule has 658 valence electrons. The Morgan fingerprint density at radius 1 is 0.593 bits per heavy atom. The van der Waals surface area contributed by atoms with Gasteiger partial charge in [0.25, 0.3) is 0 Å². The molecule has 2 saturated heterocycles. The highest BCUT2D eigenvalue weighted by Crippen LogP contribution is 2.78. The van der Waals surface area contributed by atoms with E-state index >= 15 is 0 Å². The molecule has 10 aliphatic rings. The number of hydrogen-bond donors (Lipinski definition) is 4. The van der Waals surface area contributed by atoms with Gasteiger partial charge in [0.1, 0.15) is 25.2 Å². The van der Waals surface area contributed by atoms with E-state index < -0.39 is 47.0 Å². The average molecular weight is 1760 g/mol. The van der Waals surface area contributed by atoms with E-state index in [1.807, 2.05) is 24.5 Å². The summed E-state index contributed by atoms with van der Waals surface area (Å²) < 4.78 is 67.3. The third kappa shape index (κ3) is 15.4. The molecular weight excluding hydrogens is 1610 g/mol. The Morgan fingerprint density at radius 3 is 1.27 bits per heavy atom. The van der Waals surface area contributed by atoms with Gasteiger partial charge in [-0.2, -0.15) is 23.4 Å². The van der Waals surface area contributed by atoms with Crippen LogP contribution in [-0.4, -0.2) is 136 Å². The standard InChI is InChI=1S/C46H71N5O4.C44H67N5O4.C2HF3O2.C2H5I/c1-13-50-22-17-31(18-23-50)38-48-28-49-51(38)34-24-46-27-54-25-42(9,37(34)55-26-45(12,47)40(5,6)7)35(46)15-14-32-33(46)16-19-44(11)36(39(52)53)41(8,30(4)29(2)3)20-21-43(32,44)10;1-27(2)28(3)39(7)18-19-41(9)30-12-13-33-40(8)23-52-25-44(33,31(30)14-17-42(41,10)34(39)37(50)51)22-32(35(40)53-24-43(11,45)38(4,5)6)49-36(47-26-48-49)29-15-20-46-21-16-29;3-2(4,5)1(6)7;1-2-3/h16-18,22-23,28-30,32,34-37H,13-15,19-21,24-27,47H2,1-12H3;14-16,20-21,26-28,30,32-35H,12-13,17-19,22-25,45H2,1-11H3,(H,50,51);(H,6,7);2H2,1H3/t30-,32+,34-,35+,36-,37+,41-,42-,43-,44+,45+,46+;28-,30+,32-,33+,34-,35+,39-,40-,41-,42+,43+,44+;;/m11../s1. The van der Waals surface area contributed by atoms with Crippen molar-refractivity contribution in [1.29, 1.82) is 0 Å². The van der Waals surface area contributed by atoms with Crippen LogP contribution in [0.3, 0.4) is 0 Å². The molecule has 24 heteroatoms. The number of hydrogen-bond acceptors (Lipinski definition) is 15. The summed E-state index contributed by atoms with van der Waals surface area (Å²) in [6.07, 6.45) is 22.0. The van der Waals surface area contributed by atoms with Crippen LogP contribution in [-0.2, 0) is 39.9 Å². The van der Waals surface area contributed by atoms with Gasteiger partial charge in [0.2, 0.25) is 0 Å². The number of fused-ring (bicyclic) bond motifs is 6. The quantitative estimate of drug-likeness (QED) is 0.0331. The second-order valence-corrected chi connectivity index (χ2v) is 44.8. The molecule has 6 heterocycles. The van der Waals surface area contributed by atoms with Crippen molar-refractivity contribution in [3.05, 3.63) is 85.0 Å². The first-order valence-corrected chi connectivity index (χ1v) is 45.5. The first-order valence-electron chi connectivity index (χ1n) is 44.0. The maximum atomic E-state index is 13.6. The van der Waals surface area contributed by atoms with E-state index in [1.165, 1.54) is 15.6 Å². The molecule has 0 unspecified atom stereocenters. The highest BCUT2D eigenvalue weighted by molar-refractivity contribution is 14.1. The van der Waals surface area contributed by atoms with Crippen LogP contribution in [0.1, 0.15) is 255 Å². The van der Waals surface area contributed by atoms with Gasteiger partial charge in [0, 0.05) is 68.4 Å². The van der Waals surface area contributed by atoms with Crippen molar-refractivity contribution in [3.63, 3.8) is 0 Å². The van der Waals surface area contributed by atoms with Gasteiger partial charge in [0.05, 0.1) is 75.8 Å². The van der Waals surface area contributed by atoms with Crippen LogP contribution in [0.2, 0.25) is 0 Å². The third-order valence-corrected chi connectivity index (χ3v) is 35.2. The predicted octanol–water partition coefficient (Wildman–Crippen LogP) is 17.9. The summed E-state index contributed by atoms with van der Waals surface area (Å²) in [6, 6.07) is 8.07. The molecule has 20 nitrogen and oxygen atoms in total. The van der Waals surface area contributed by atoms with Crippen LogP contribution >= 0.6 is 22.6 Å². The number of halogens is 4. The number of carboxylic acids is 3. The molecule has 24 atom stereocenters. The summed E-state index contributed by atoms with van der Waals surface area (Å²) in [5, 5.41) is 41.1. The van der Waals surface area contributed by atoms with E-state index in [-0.39, 0.29) is 101 Å². The monoisotopic (exact) mass is 1760 g/mol. The van der Waals surface area contributed by atoms with Gasteiger partial charge >= 0.3 is 18.1 Å². The van der Waals surface area contributed by atoms with Gasteiger partial charge in [-0.15, -0.1) is 0 Å². The molecule has 6 saturated carbocycles. The number of nitrogens with zero attached hydrogens (tertiary/aromatic N) is 8. The number of aliphatic carboxylic acids is 3. The number of allylic oxidation sites excluding steroid dienone is 2. The lowest BCUT2D eigenvalue weighted by Crippen LogP contribution is -2.69. The summed E-state index contributed by atoms with van der Waals surface area (Å²) in [7, 11) is 0. The van der Waals surface area contributed by atoms with E-state index in [0.29, 0.717) is 75.1 Å². The average Bonchev–Trinajstić information content (AvgIpc) is 1.23. The number of alkyl halides is 4. The summed E-state index contributed by atoms with van der Waals surface area (Å²) in [5.41, 5.74) is 15.0. The zero-order valence-electron chi connectivity index (χ0n) is 75.6. The minimum atomic E-state index is -5.19. The van der Waals surface area contributed by atoms with Crippen LogP contribution in [0.25, 0.3) is 22.8 Å². The van der Waals surface area contributed by atoms with Crippen molar-refractivity contribution in [3.8, 4) is 22.8 Å². The summed E-state index contributed by atoms with van der Waals surface area (Å²) in [6.45, 7) is 58.5. The van der Waals surface area contributed by atoms with Crippen LogP contribution in [0.5, 0.6) is 0 Å². The van der Waals surface area contributed by atoms with Crippen LogP contribution in [0.4, 0.5) is 13.2 Å². The van der Waals surface area contributed by atoms with Gasteiger partial charge in [-0.3, -0.25) is 14.6 Å². The molecule has 14 rings (SSSR count). The second kappa shape index (κ2) is 33.0. The van der Waals surface area contributed by atoms with Gasteiger partial charge < -0.3 is 50.5 Å². The Kier molecular flexibility index (Phi) is 26.1. The number of aromatic nitrogens is 8. The SMILES string of the molecule is CC(C)[C@@H](C)[C@@]1(C)CC[C@]2(C)[C@H]3CC[C@@H]4[C@@]5(COC[C@@]4(C)[C@@H](OC[C@](C)(N)C(C)(C)C)[C@H](n4ncnc4-c4ccncc4)C5)C3=CC[C@@]2(C)[C@@H]1C(=O)O.CCI.CC[n+]1ccc(-c2ncnn2[C@@H]2C[C@@]34COC[C@](C)([C@@H]3CC[C@H]3C4=CC[C@@]4(C)[C@H](C(=O)O)[C@@](C)([C@H](C)C(C)C)CC[C@]34C)[C@H]2OC[C@](C)(N)C(C)(C)C)cc1.O=C([O-])C(F)(F)F. The molecule has 118 heavy (non-hydrogen) atoms. The fourth-order valence-corrected chi connectivity index (χ4v) is 25.9. The van der Waals surface area contributed by atoms with Crippen molar-refractivity contribution in [2.75, 3.05) is 44.1 Å². The van der Waals surface area contributed by atoms with E-state index in [1.54, 1.807) is 12.7 Å². The molecule has 0 spiro atoms. The van der Waals surface area contributed by atoms with E-state index in [2.05, 4.69) is 244 Å². The minimum Gasteiger partial charge on any atom is -0.542 e. The fraction of sp³-hybridized carbons (Fsp3) is 0.777. The summed E-state index contributed by atoms with van der Waals surface area (Å²) >= 11 is 2.29. The van der Waals surface area contributed by atoms with Gasteiger partial charge in [-0.1, -0.05) is 191 Å². The zero-order valence-corrected chi connectivity index (χ0v) is 77.7. The first-order chi connectivity index (χ1) is 54.6. The Labute approximate surface area is 715 Å². The van der Waals surface area contributed by atoms with E-state index in [0.717, 1.165) is 106 Å². The minimum absolute atomic E-state index is 0.106. The molecule has 0 amide bonds. The van der Waals surface area contributed by atoms with Crippen LogP contribution in [0, 0.1) is 124 Å². The number of rotatable bonds is 17. The van der Waals surface area contributed by atoms with Crippen molar-refractivity contribution in [1.82, 2.24) is 34.5 Å². The molecule has 4 aromatic rings. The predicted molar refractivity (Wildman–Crippen MR) is 459 cm³/mol. The second-order valence-electron chi connectivity index (χ2n) is 43.3. The third-order valence-electron chi connectivity index (χ3n) is 35.2. The van der Waals surface area contributed by atoms with Crippen LogP contribution in [0.15, 0.2) is 85.0 Å². The maximum absolute atomic E-state index is 13.6. The van der Waals surface area contributed by atoms with E-state index in [4.69, 9.17) is 60.5 Å². The molecular formula is C94H144F3IN10O10. The number of pyridine rings is 2. The lowest BCUT2D eigenvalue weighted by atomic mass is 9.34. The molecule has 0 radical (unpaired) electrons. The van der Waals surface area contributed by atoms with E-state index in [9.17, 15) is 33.0 Å². The van der Waals surface area contributed by atoms with Gasteiger partial charge in [-0.05, 0) is 205 Å². The zero-order chi connectivity index (χ0) is 87.5. The van der Waals surface area contributed by atoms with Gasteiger partial charge in [-0.25, -0.2) is 23.9 Å². The number of carbonyl (C=O) groups is 3. The number of carbonyl (C=O) groups excluding carboxylic acids is 1. The largest absolute Gasteiger partial charge is 0.542 e. The Morgan fingerprint density at radius 2 is 0.949 bits per heavy atom. The number of aryl methyl sites for hydroxylation is 1. The summed E-state index contributed by atoms with van der Waals surface area (Å²) in [4.78, 5) is 50.0. The normalized spacial score (nSPS) is 38.2. The number of ether oxygens (including phenoxy) is 4. The molecule has 2 aliphatic heterocycles. The lowest BCUT2D eigenvalue weighted by molar-refractivity contribution is -0.693. The topological polar surface area (TPSA) is 282 Å². The molecule has 4 aromatic heterocycles. The molecule has 6 N–H and O–H groups in total. The maximum Gasteiger partial charge on any atom is 0.430 e. The Bertz CT molecular complexity index is 4310.